The van der Waals surface area contributed by atoms with Crippen LogP contribution in [-0.2, 0) is 26.2 Å². The average Bonchev–Trinajstić information content (AvgIpc) is 2.81. The van der Waals surface area contributed by atoms with E-state index < -0.39 is 28.5 Å². The fourth-order valence-corrected chi connectivity index (χ4v) is 5.00. The molecule has 198 valence electrons. The fourth-order valence-electron chi connectivity index (χ4n) is 3.63. The molecule has 0 radical (unpaired) electrons. The first-order chi connectivity index (χ1) is 16.9. The third-order valence-corrected chi connectivity index (χ3v) is 7.33. The highest BCUT2D eigenvalue weighted by atomic mass is 35.5. The topological polar surface area (TPSA) is 96.0 Å². The van der Waals surface area contributed by atoms with Crippen LogP contribution in [0.15, 0.2) is 42.5 Å². The molecule has 8 nitrogen and oxygen atoms in total. The van der Waals surface area contributed by atoms with Gasteiger partial charge < -0.3 is 15.0 Å². The number of anilines is 1. The van der Waals surface area contributed by atoms with Crippen molar-refractivity contribution < 1.29 is 22.7 Å². The van der Waals surface area contributed by atoms with Crippen LogP contribution in [0.4, 0.5) is 5.69 Å². The third-order valence-electron chi connectivity index (χ3n) is 5.49. The number of amides is 2. The molecule has 0 spiro atoms. The third kappa shape index (κ3) is 7.75. The number of nitrogens with one attached hydrogen (secondary N) is 1. The summed E-state index contributed by atoms with van der Waals surface area (Å²) in [5, 5.41) is 3.54. The first-order valence-electron chi connectivity index (χ1n) is 11.5. The van der Waals surface area contributed by atoms with Crippen LogP contribution in [0.3, 0.4) is 0 Å². The van der Waals surface area contributed by atoms with E-state index in [1.54, 1.807) is 49.4 Å². The first-order valence-corrected chi connectivity index (χ1v) is 14.1. The van der Waals surface area contributed by atoms with Crippen molar-refractivity contribution in [3.8, 4) is 5.75 Å². The summed E-state index contributed by atoms with van der Waals surface area (Å²) < 4.78 is 31.8. The van der Waals surface area contributed by atoms with Crippen LogP contribution in [0.25, 0.3) is 0 Å². The van der Waals surface area contributed by atoms with Gasteiger partial charge in [-0.25, -0.2) is 8.42 Å². The summed E-state index contributed by atoms with van der Waals surface area (Å²) in [6, 6.07) is 10.6. The Kier molecular flexibility index (Phi) is 10.9. The lowest BCUT2D eigenvalue weighted by Crippen LogP contribution is -2.52. The number of hydrogen-bond acceptors (Lipinski definition) is 5. The molecule has 0 heterocycles. The standard InChI is InChI=1S/C25H33Cl2N3O5S/c1-6-21(25(32)28-14-17(2)3)29(15-18-19(26)10-9-11-20(18)27)24(31)16-30(36(5,33)34)22-12-7-8-13-23(22)35-4/h7-13,17,21H,6,14-16H2,1-5H3,(H,28,32)/t21-/m1/s1. The summed E-state index contributed by atoms with van der Waals surface area (Å²) in [6.07, 6.45) is 1.31. The van der Waals surface area contributed by atoms with Crippen LogP contribution >= 0.6 is 23.2 Å². The second kappa shape index (κ2) is 13.2. The van der Waals surface area contributed by atoms with Gasteiger partial charge in [0.25, 0.3) is 0 Å². The molecule has 1 atom stereocenters. The maximum absolute atomic E-state index is 13.8. The molecule has 0 unspecified atom stereocenters. The number of benzene rings is 2. The molecule has 0 aromatic heterocycles. The number of rotatable bonds is 12. The molecule has 2 aromatic carbocycles. The highest BCUT2D eigenvalue weighted by Gasteiger charge is 2.33. The van der Waals surface area contributed by atoms with Gasteiger partial charge in [-0.05, 0) is 36.6 Å². The predicted octanol–water partition coefficient (Wildman–Crippen LogP) is 4.35. The van der Waals surface area contributed by atoms with Crippen molar-refractivity contribution in [3.63, 3.8) is 0 Å². The summed E-state index contributed by atoms with van der Waals surface area (Å²) in [7, 11) is -2.47. The van der Waals surface area contributed by atoms with Crippen molar-refractivity contribution in [2.24, 2.45) is 5.92 Å². The zero-order valence-corrected chi connectivity index (χ0v) is 23.5. The second-order valence-electron chi connectivity index (χ2n) is 8.73. The lowest BCUT2D eigenvalue weighted by molar-refractivity contribution is -0.140. The van der Waals surface area contributed by atoms with Crippen molar-refractivity contribution in [1.82, 2.24) is 10.2 Å². The van der Waals surface area contributed by atoms with Gasteiger partial charge in [-0.15, -0.1) is 0 Å². The van der Waals surface area contributed by atoms with E-state index in [0.29, 0.717) is 28.6 Å². The molecule has 2 amide bonds. The number of hydrogen-bond donors (Lipinski definition) is 1. The number of sulfonamides is 1. The predicted molar refractivity (Wildman–Crippen MR) is 144 cm³/mol. The Morgan fingerprint density at radius 3 is 2.19 bits per heavy atom. The van der Waals surface area contributed by atoms with E-state index in [-0.39, 0.29) is 29.8 Å². The smallest absolute Gasteiger partial charge is 0.244 e. The molecule has 0 saturated heterocycles. The van der Waals surface area contributed by atoms with Crippen LogP contribution in [0.5, 0.6) is 5.75 Å². The molecule has 2 rings (SSSR count). The van der Waals surface area contributed by atoms with E-state index >= 15 is 0 Å². The summed E-state index contributed by atoms with van der Waals surface area (Å²) >= 11 is 12.8. The Balaban J connectivity index is 2.52. The number of methoxy groups -OCH3 is 1. The van der Waals surface area contributed by atoms with Gasteiger partial charge in [0, 0.05) is 28.7 Å². The summed E-state index contributed by atoms with van der Waals surface area (Å²) in [5.74, 6) is -0.433. The van der Waals surface area contributed by atoms with Gasteiger partial charge in [-0.1, -0.05) is 62.2 Å². The summed E-state index contributed by atoms with van der Waals surface area (Å²) in [6.45, 7) is 5.52. The molecule has 2 aromatic rings. The number of nitrogens with zero attached hydrogens (tertiary/aromatic N) is 2. The lowest BCUT2D eigenvalue weighted by Gasteiger charge is -2.33. The Labute approximate surface area is 223 Å². The van der Waals surface area contributed by atoms with Gasteiger partial charge in [0.05, 0.1) is 19.1 Å². The van der Waals surface area contributed by atoms with Gasteiger partial charge in [0.2, 0.25) is 21.8 Å². The van der Waals surface area contributed by atoms with E-state index in [1.807, 2.05) is 13.8 Å². The van der Waals surface area contributed by atoms with Gasteiger partial charge in [0.1, 0.15) is 18.3 Å². The molecule has 0 saturated carbocycles. The van der Waals surface area contributed by atoms with Gasteiger partial charge in [0.15, 0.2) is 0 Å². The molecule has 11 heteroatoms. The number of halogens is 2. The van der Waals surface area contributed by atoms with Crippen LogP contribution in [0, 0.1) is 5.92 Å². The van der Waals surface area contributed by atoms with E-state index in [0.717, 1.165) is 10.6 Å². The molecule has 1 N–H and O–H groups in total. The molecule has 0 aliphatic heterocycles. The van der Waals surface area contributed by atoms with Crippen molar-refractivity contribution >= 4 is 50.7 Å². The van der Waals surface area contributed by atoms with Crippen LogP contribution in [0.2, 0.25) is 10.0 Å². The van der Waals surface area contributed by atoms with Crippen molar-refractivity contribution in [1.29, 1.82) is 0 Å². The van der Waals surface area contributed by atoms with Crippen molar-refractivity contribution in [2.75, 3.05) is 30.8 Å². The Bertz CT molecular complexity index is 1150. The van der Waals surface area contributed by atoms with Crippen LogP contribution < -0.4 is 14.4 Å². The molecular weight excluding hydrogens is 525 g/mol. The molecule has 0 aliphatic rings. The highest BCUT2D eigenvalue weighted by molar-refractivity contribution is 7.92. The molecule has 0 bridgehead atoms. The molecule has 0 aliphatic carbocycles. The lowest BCUT2D eigenvalue weighted by atomic mass is 10.1. The zero-order chi connectivity index (χ0) is 27.0. The van der Waals surface area contributed by atoms with Gasteiger partial charge >= 0.3 is 0 Å². The first kappa shape index (κ1) is 29.7. The van der Waals surface area contributed by atoms with Crippen LogP contribution in [0.1, 0.15) is 32.8 Å². The zero-order valence-electron chi connectivity index (χ0n) is 21.1. The van der Waals surface area contributed by atoms with E-state index in [9.17, 15) is 18.0 Å². The van der Waals surface area contributed by atoms with Crippen LogP contribution in [-0.4, -0.2) is 57.6 Å². The van der Waals surface area contributed by atoms with Gasteiger partial charge in [-0.3, -0.25) is 13.9 Å². The van der Waals surface area contributed by atoms with E-state index in [1.165, 1.54) is 12.0 Å². The summed E-state index contributed by atoms with van der Waals surface area (Å²) in [4.78, 5) is 28.2. The minimum atomic E-state index is -3.89. The minimum absolute atomic E-state index is 0.0749. The number of carbonyl (C=O) groups excluding carboxylic acids is 2. The minimum Gasteiger partial charge on any atom is -0.495 e. The Morgan fingerprint density at radius 2 is 1.67 bits per heavy atom. The fraction of sp³-hybridized carbons (Fsp3) is 0.440. The monoisotopic (exact) mass is 557 g/mol. The normalized spacial score (nSPS) is 12.2. The maximum Gasteiger partial charge on any atom is 0.244 e. The summed E-state index contributed by atoms with van der Waals surface area (Å²) in [5.41, 5.74) is 0.677. The van der Waals surface area contributed by atoms with Gasteiger partial charge in [-0.2, -0.15) is 0 Å². The van der Waals surface area contributed by atoms with Crippen molar-refractivity contribution in [3.05, 3.63) is 58.1 Å². The molecule has 36 heavy (non-hydrogen) atoms. The number of ether oxygens (including phenoxy) is 1. The van der Waals surface area contributed by atoms with Crippen molar-refractivity contribution in [2.45, 2.75) is 39.8 Å². The number of para-hydroxylation sites is 2. The quantitative estimate of drug-likeness (QED) is 0.418. The SMILES string of the molecule is CC[C@H](C(=O)NCC(C)C)N(Cc1c(Cl)cccc1Cl)C(=O)CN(c1ccccc1OC)S(C)(=O)=O. The Morgan fingerprint density at radius 1 is 1.06 bits per heavy atom. The largest absolute Gasteiger partial charge is 0.495 e. The maximum atomic E-state index is 13.8. The molecular formula is C25H33Cl2N3O5S. The highest BCUT2D eigenvalue weighted by Crippen LogP contribution is 2.31. The second-order valence-corrected chi connectivity index (χ2v) is 11.4. The number of carbonyl (C=O) groups is 2. The Hall–Kier alpha value is -2.49. The molecule has 0 fully saturated rings. The van der Waals surface area contributed by atoms with E-state index in [2.05, 4.69) is 5.32 Å². The average molecular weight is 559 g/mol. The van der Waals surface area contributed by atoms with E-state index in [4.69, 9.17) is 27.9 Å².